The van der Waals surface area contributed by atoms with E-state index in [1.807, 2.05) is 18.2 Å². The van der Waals surface area contributed by atoms with Crippen LogP contribution in [0.15, 0.2) is 36.4 Å². The Morgan fingerprint density at radius 1 is 1.50 bits per heavy atom. The van der Waals surface area contributed by atoms with Gasteiger partial charge in [0.2, 0.25) is 0 Å². The van der Waals surface area contributed by atoms with Gasteiger partial charge in [-0.2, -0.15) is 0 Å². The van der Waals surface area contributed by atoms with Crippen LogP contribution in [0, 0.1) is 3.57 Å². The zero-order chi connectivity index (χ0) is 9.14. The van der Waals surface area contributed by atoms with Gasteiger partial charge in [-0.25, -0.2) is 0 Å². The summed E-state index contributed by atoms with van der Waals surface area (Å²) in [5.74, 6) is 0.0218. The third-order valence-electron chi connectivity index (χ3n) is 1.47. The summed E-state index contributed by atoms with van der Waals surface area (Å²) in [5, 5.41) is 0. The SMILES string of the molecule is C=C(C)C(=O)c1cccc(I)c1. The summed E-state index contributed by atoms with van der Waals surface area (Å²) in [7, 11) is 0. The maximum Gasteiger partial charge on any atom is 0.188 e. The molecule has 0 N–H and O–H groups in total. The van der Waals surface area contributed by atoms with E-state index in [-0.39, 0.29) is 5.78 Å². The molecule has 0 unspecified atom stereocenters. The first-order valence-corrected chi connectivity index (χ1v) is 4.65. The van der Waals surface area contributed by atoms with Gasteiger partial charge < -0.3 is 0 Å². The van der Waals surface area contributed by atoms with Crippen molar-refractivity contribution >= 4 is 28.4 Å². The fourth-order valence-corrected chi connectivity index (χ4v) is 1.42. The zero-order valence-corrected chi connectivity index (χ0v) is 8.96. The standard InChI is InChI=1S/C10H9IO/c1-7(2)10(12)8-4-3-5-9(11)6-8/h3-6H,1H2,2H3. The van der Waals surface area contributed by atoms with Crippen molar-refractivity contribution in [3.8, 4) is 0 Å². The van der Waals surface area contributed by atoms with Crippen molar-refractivity contribution in [2.75, 3.05) is 0 Å². The van der Waals surface area contributed by atoms with Crippen molar-refractivity contribution in [2.45, 2.75) is 6.92 Å². The van der Waals surface area contributed by atoms with Crippen LogP contribution in [0.4, 0.5) is 0 Å². The van der Waals surface area contributed by atoms with Crippen molar-refractivity contribution in [1.82, 2.24) is 0 Å². The van der Waals surface area contributed by atoms with Gasteiger partial charge in [0, 0.05) is 9.13 Å². The minimum atomic E-state index is 0.0218. The van der Waals surface area contributed by atoms with E-state index in [0.717, 1.165) is 9.13 Å². The molecule has 0 heterocycles. The Balaban J connectivity index is 3.04. The van der Waals surface area contributed by atoms with Gasteiger partial charge in [-0.3, -0.25) is 4.79 Å². The van der Waals surface area contributed by atoms with Crippen molar-refractivity contribution < 1.29 is 4.79 Å². The average Bonchev–Trinajstić information content (AvgIpc) is 2.03. The lowest BCUT2D eigenvalue weighted by atomic mass is 10.1. The first-order chi connectivity index (χ1) is 5.61. The van der Waals surface area contributed by atoms with Gasteiger partial charge in [0.25, 0.3) is 0 Å². The minimum absolute atomic E-state index is 0.0218. The Labute approximate surface area is 85.6 Å². The predicted octanol–water partition coefficient (Wildman–Crippen LogP) is 3.05. The summed E-state index contributed by atoms with van der Waals surface area (Å²) in [6.45, 7) is 5.33. The van der Waals surface area contributed by atoms with Crippen molar-refractivity contribution in [3.05, 3.63) is 45.6 Å². The van der Waals surface area contributed by atoms with Gasteiger partial charge in [0.15, 0.2) is 5.78 Å². The molecule has 0 bridgehead atoms. The molecule has 0 atom stereocenters. The third-order valence-corrected chi connectivity index (χ3v) is 2.15. The highest BCUT2D eigenvalue weighted by molar-refractivity contribution is 14.1. The Morgan fingerprint density at radius 2 is 2.17 bits per heavy atom. The van der Waals surface area contributed by atoms with Gasteiger partial charge in [0.05, 0.1) is 0 Å². The van der Waals surface area contributed by atoms with Crippen molar-refractivity contribution in [2.24, 2.45) is 0 Å². The Hall–Kier alpha value is -0.640. The summed E-state index contributed by atoms with van der Waals surface area (Å²) in [6.07, 6.45) is 0. The summed E-state index contributed by atoms with van der Waals surface area (Å²) in [4.78, 5) is 11.4. The largest absolute Gasteiger partial charge is 0.289 e. The first-order valence-electron chi connectivity index (χ1n) is 3.57. The van der Waals surface area contributed by atoms with Crippen molar-refractivity contribution in [1.29, 1.82) is 0 Å². The molecule has 0 saturated heterocycles. The number of hydrogen-bond acceptors (Lipinski definition) is 1. The summed E-state index contributed by atoms with van der Waals surface area (Å²) in [6, 6.07) is 7.49. The van der Waals surface area contributed by atoms with E-state index in [9.17, 15) is 4.79 Å². The lowest BCUT2D eigenvalue weighted by Crippen LogP contribution is -1.99. The lowest BCUT2D eigenvalue weighted by Gasteiger charge is -1.99. The van der Waals surface area contributed by atoms with Gasteiger partial charge in [-0.05, 0) is 47.2 Å². The van der Waals surface area contributed by atoms with Crippen LogP contribution in [-0.4, -0.2) is 5.78 Å². The maximum absolute atomic E-state index is 11.4. The van der Waals surface area contributed by atoms with Crippen LogP contribution in [0.25, 0.3) is 0 Å². The monoisotopic (exact) mass is 272 g/mol. The first kappa shape index (κ1) is 9.45. The van der Waals surface area contributed by atoms with E-state index in [1.165, 1.54) is 0 Å². The Kier molecular flexibility index (Phi) is 3.03. The molecular formula is C10H9IO. The molecule has 12 heavy (non-hydrogen) atoms. The molecular weight excluding hydrogens is 263 g/mol. The smallest absolute Gasteiger partial charge is 0.188 e. The van der Waals surface area contributed by atoms with Gasteiger partial charge in [-0.1, -0.05) is 18.7 Å². The quantitative estimate of drug-likeness (QED) is 0.459. The molecule has 0 saturated carbocycles. The summed E-state index contributed by atoms with van der Waals surface area (Å²) >= 11 is 2.18. The second-order valence-electron chi connectivity index (χ2n) is 2.62. The number of benzene rings is 1. The topological polar surface area (TPSA) is 17.1 Å². The van der Waals surface area contributed by atoms with Crippen LogP contribution in [0.1, 0.15) is 17.3 Å². The van der Waals surface area contributed by atoms with Crippen LogP contribution < -0.4 is 0 Å². The van der Waals surface area contributed by atoms with Crippen LogP contribution in [0.2, 0.25) is 0 Å². The summed E-state index contributed by atoms with van der Waals surface area (Å²) < 4.78 is 1.07. The third kappa shape index (κ3) is 2.17. The number of halogens is 1. The van der Waals surface area contributed by atoms with Gasteiger partial charge in [-0.15, -0.1) is 0 Å². The summed E-state index contributed by atoms with van der Waals surface area (Å²) in [5.41, 5.74) is 1.30. The normalized spacial score (nSPS) is 9.50. The van der Waals surface area contributed by atoms with E-state index >= 15 is 0 Å². The van der Waals surface area contributed by atoms with E-state index in [4.69, 9.17) is 0 Å². The van der Waals surface area contributed by atoms with Gasteiger partial charge >= 0.3 is 0 Å². The van der Waals surface area contributed by atoms with E-state index < -0.39 is 0 Å². The van der Waals surface area contributed by atoms with Crippen LogP contribution in [0.5, 0.6) is 0 Å². The molecule has 0 amide bonds. The van der Waals surface area contributed by atoms with E-state index in [2.05, 4.69) is 29.2 Å². The number of carbonyl (C=O) groups is 1. The minimum Gasteiger partial charge on any atom is -0.289 e. The number of allylic oxidation sites excluding steroid dienone is 1. The molecule has 2 heteroatoms. The fraction of sp³-hybridized carbons (Fsp3) is 0.100. The molecule has 0 spiro atoms. The molecule has 1 aromatic rings. The fourth-order valence-electron chi connectivity index (χ4n) is 0.876. The predicted molar refractivity (Wildman–Crippen MR) is 58.3 cm³/mol. The molecule has 0 aliphatic rings. The number of ketones is 1. The molecule has 1 rings (SSSR count). The average molecular weight is 272 g/mol. The highest BCUT2D eigenvalue weighted by Crippen LogP contribution is 2.10. The van der Waals surface area contributed by atoms with Crippen molar-refractivity contribution in [3.63, 3.8) is 0 Å². The molecule has 0 aliphatic heterocycles. The molecule has 0 aromatic heterocycles. The Morgan fingerprint density at radius 3 is 2.67 bits per heavy atom. The molecule has 0 aliphatic carbocycles. The molecule has 0 radical (unpaired) electrons. The lowest BCUT2D eigenvalue weighted by molar-refractivity contribution is 0.103. The number of carbonyl (C=O) groups excluding carboxylic acids is 1. The number of Topliss-reactive ketones (excluding diaryl/α,β-unsaturated/α-hetero) is 1. The molecule has 1 aromatic carbocycles. The Bertz CT molecular complexity index is 328. The highest BCUT2D eigenvalue weighted by atomic mass is 127. The maximum atomic E-state index is 11.4. The second kappa shape index (κ2) is 3.85. The molecule has 0 fully saturated rings. The zero-order valence-electron chi connectivity index (χ0n) is 6.80. The molecule has 1 nitrogen and oxygen atoms in total. The number of rotatable bonds is 2. The number of hydrogen-bond donors (Lipinski definition) is 0. The van der Waals surface area contributed by atoms with Crippen LogP contribution in [-0.2, 0) is 0 Å². The van der Waals surface area contributed by atoms with E-state index in [1.54, 1.807) is 13.0 Å². The van der Waals surface area contributed by atoms with Gasteiger partial charge in [0.1, 0.15) is 0 Å². The molecule has 62 valence electrons. The highest BCUT2D eigenvalue weighted by Gasteiger charge is 2.05. The van der Waals surface area contributed by atoms with Crippen LogP contribution >= 0.6 is 22.6 Å². The second-order valence-corrected chi connectivity index (χ2v) is 3.87. The van der Waals surface area contributed by atoms with Crippen LogP contribution in [0.3, 0.4) is 0 Å². The van der Waals surface area contributed by atoms with E-state index in [0.29, 0.717) is 5.57 Å².